The molecule has 2 heterocycles. The average molecular weight is 309 g/mol. The van der Waals surface area contributed by atoms with Gasteiger partial charge >= 0.3 is 0 Å². The lowest BCUT2D eigenvalue weighted by molar-refractivity contribution is -0.254. The minimum Gasteiger partial charge on any atom is -0.352 e. The van der Waals surface area contributed by atoms with Crippen molar-refractivity contribution in [3.8, 4) is 0 Å². The van der Waals surface area contributed by atoms with Crippen LogP contribution in [-0.4, -0.2) is 31.9 Å². The van der Waals surface area contributed by atoms with Crippen molar-refractivity contribution < 1.29 is 9.47 Å². The van der Waals surface area contributed by atoms with Crippen molar-refractivity contribution in [2.75, 3.05) is 20.7 Å². The Morgan fingerprint density at radius 1 is 1.00 bits per heavy atom. The van der Waals surface area contributed by atoms with Crippen molar-refractivity contribution >= 4 is 0 Å². The van der Waals surface area contributed by atoms with Gasteiger partial charge in [-0.2, -0.15) is 0 Å². The van der Waals surface area contributed by atoms with Gasteiger partial charge in [-0.3, -0.25) is 0 Å². The molecule has 120 valence electrons. The molecule has 0 N–H and O–H groups in total. The van der Waals surface area contributed by atoms with Crippen LogP contribution in [0.1, 0.15) is 28.8 Å². The maximum absolute atomic E-state index is 6.27. The summed E-state index contributed by atoms with van der Waals surface area (Å²) >= 11 is 0. The highest BCUT2D eigenvalue weighted by molar-refractivity contribution is 5.33. The Bertz CT molecular complexity index is 670. The molecule has 2 aliphatic heterocycles. The maximum Gasteiger partial charge on any atom is 0.162 e. The molecule has 3 nitrogen and oxygen atoms in total. The fourth-order valence-electron chi connectivity index (χ4n) is 4.03. The summed E-state index contributed by atoms with van der Waals surface area (Å²) in [7, 11) is 4.27. The summed E-state index contributed by atoms with van der Waals surface area (Å²) in [4.78, 5) is 2.28. The third kappa shape index (κ3) is 2.69. The Morgan fingerprint density at radius 2 is 1.74 bits per heavy atom. The first-order valence-electron chi connectivity index (χ1n) is 8.30. The van der Waals surface area contributed by atoms with E-state index >= 15 is 0 Å². The van der Waals surface area contributed by atoms with Crippen molar-refractivity contribution in [1.82, 2.24) is 4.90 Å². The van der Waals surface area contributed by atoms with Crippen LogP contribution in [0.25, 0.3) is 0 Å². The molecule has 0 unspecified atom stereocenters. The van der Waals surface area contributed by atoms with Crippen LogP contribution >= 0.6 is 0 Å². The lowest BCUT2D eigenvalue weighted by Gasteiger charge is -2.46. The quantitative estimate of drug-likeness (QED) is 0.865. The van der Waals surface area contributed by atoms with Crippen molar-refractivity contribution in [3.05, 3.63) is 71.3 Å². The molecule has 2 aromatic carbocycles. The fraction of sp³-hybridized carbons (Fsp3) is 0.400. The Hall–Kier alpha value is -1.68. The molecule has 2 bridgehead atoms. The molecule has 23 heavy (non-hydrogen) atoms. The lowest BCUT2D eigenvalue weighted by atomic mass is 9.81. The third-order valence-electron chi connectivity index (χ3n) is 5.01. The summed E-state index contributed by atoms with van der Waals surface area (Å²) in [6, 6.07) is 19.6. The molecule has 4 atom stereocenters. The van der Waals surface area contributed by atoms with Gasteiger partial charge in [-0.15, -0.1) is 0 Å². The van der Waals surface area contributed by atoms with Crippen LogP contribution in [0.3, 0.4) is 0 Å². The molecule has 0 radical (unpaired) electrons. The van der Waals surface area contributed by atoms with E-state index in [1.165, 1.54) is 16.7 Å². The van der Waals surface area contributed by atoms with Gasteiger partial charge in [0.1, 0.15) is 0 Å². The van der Waals surface area contributed by atoms with Gasteiger partial charge in [-0.25, -0.2) is 0 Å². The lowest BCUT2D eigenvalue weighted by Crippen LogP contribution is -2.45. The number of hydrogen-bond donors (Lipinski definition) is 0. The van der Waals surface area contributed by atoms with E-state index in [-0.39, 0.29) is 24.4 Å². The summed E-state index contributed by atoms with van der Waals surface area (Å²) in [5.74, 6) is 0.282. The van der Waals surface area contributed by atoms with E-state index in [1.54, 1.807) is 0 Å². The van der Waals surface area contributed by atoms with E-state index in [0.717, 1.165) is 13.0 Å². The van der Waals surface area contributed by atoms with Crippen LogP contribution in [0.2, 0.25) is 0 Å². The second-order valence-electron chi connectivity index (χ2n) is 6.71. The molecule has 0 saturated carbocycles. The maximum atomic E-state index is 6.27. The SMILES string of the molecule is CN(C)[C@H](c1ccccc1)[C@H]1CO[C@@H]2Cc3ccccc3[C@H]1O2. The van der Waals surface area contributed by atoms with Crippen molar-refractivity contribution in [1.29, 1.82) is 0 Å². The van der Waals surface area contributed by atoms with Gasteiger partial charge < -0.3 is 14.4 Å². The molecule has 2 aliphatic rings. The molecule has 4 rings (SSSR count). The number of nitrogens with zero attached hydrogens (tertiary/aromatic N) is 1. The Morgan fingerprint density at radius 3 is 2.52 bits per heavy atom. The van der Waals surface area contributed by atoms with Crippen molar-refractivity contribution in [2.24, 2.45) is 5.92 Å². The normalized spacial score (nSPS) is 27.5. The summed E-state index contributed by atoms with van der Waals surface area (Å²) in [6.45, 7) is 0.738. The van der Waals surface area contributed by atoms with Gasteiger partial charge in [0.2, 0.25) is 0 Å². The summed E-state index contributed by atoms with van der Waals surface area (Å²) in [5, 5.41) is 0. The highest BCUT2D eigenvalue weighted by Gasteiger charge is 2.42. The topological polar surface area (TPSA) is 21.7 Å². The van der Waals surface area contributed by atoms with Crippen LogP contribution in [0.5, 0.6) is 0 Å². The molecule has 0 amide bonds. The molecular weight excluding hydrogens is 286 g/mol. The molecule has 2 aromatic rings. The second-order valence-corrected chi connectivity index (χ2v) is 6.71. The molecule has 1 saturated heterocycles. The number of ether oxygens (including phenoxy) is 2. The monoisotopic (exact) mass is 309 g/mol. The second kappa shape index (κ2) is 6.08. The van der Waals surface area contributed by atoms with Crippen LogP contribution in [-0.2, 0) is 15.9 Å². The molecule has 0 aromatic heterocycles. The average Bonchev–Trinajstić information content (AvgIpc) is 2.58. The Balaban J connectivity index is 1.74. The largest absolute Gasteiger partial charge is 0.352 e. The summed E-state index contributed by atoms with van der Waals surface area (Å²) in [6.07, 6.45) is 0.869. The standard InChI is InChI=1S/C20H23NO2/c1-21(2)19(14-8-4-3-5-9-14)17-13-22-18-12-15-10-6-7-11-16(15)20(17)23-18/h3-11,17-20H,12-13H2,1-2H3/t17-,18+,19-,20-/m1/s1. The number of hydrogen-bond acceptors (Lipinski definition) is 3. The van der Waals surface area contributed by atoms with E-state index in [9.17, 15) is 0 Å². The predicted octanol–water partition coefficient (Wildman–Crippen LogP) is 3.58. The number of rotatable bonds is 3. The van der Waals surface area contributed by atoms with Crippen LogP contribution in [0, 0.1) is 5.92 Å². The minimum atomic E-state index is -0.0928. The summed E-state index contributed by atoms with van der Waals surface area (Å²) < 4.78 is 12.3. The van der Waals surface area contributed by atoms with Crippen LogP contribution in [0.15, 0.2) is 54.6 Å². The molecule has 3 heteroatoms. The Labute approximate surface area is 137 Å². The van der Waals surface area contributed by atoms with Gasteiger partial charge in [-0.1, -0.05) is 54.6 Å². The third-order valence-corrected chi connectivity index (χ3v) is 5.01. The highest BCUT2D eigenvalue weighted by Crippen LogP contribution is 2.45. The van der Waals surface area contributed by atoms with Crippen molar-refractivity contribution in [3.63, 3.8) is 0 Å². The fourth-order valence-corrected chi connectivity index (χ4v) is 4.03. The van der Waals surface area contributed by atoms with E-state index in [1.807, 2.05) is 0 Å². The van der Waals surface area contributed by atoms with E-state index in [0.29, 0.717) is 0 Å². The van der Waals surface area contributed by atoms with Gasteiger partial charge in [0, 0.05) is 18.4 Å². The zero-order valence-electron chi connectivity index (χ0n) is 13.7. The van der Waals surface area contributed by atoms with E-state index < -0.39 is 0 Å². The minimum absolute atomic E-state index is 0.0928. The number of fused-ring (bicyclic) bond motifs is 4. The van der Waals surface area contributed by atoms with Crippen LogP contribution in [0.4, 0.5) is 0 Å². The van der Waals surface area contributed by atoms with Gasteiger partial charge in [0.05, 0.1) is 12.7 Å². The zero-order valence-corrected chi connectivity index (χ0v) is 13.7. The smallest absolute Gasteiger partial charge is 0.162 e. The molecule has 1 fully saturated rings. The first kappa shape index (κ1) is 14.9. The van der Waals surface area contributed by atoms with Crippen molar-refractivity contribution in [2.45, 2.75) is 24.9 Å². The first-order chi connectivity index (χ1) is 11.2. The molecule has 0 aliphatic carbocycles. The summed E-state index contributed by atoms with van der Waals surface area (Å²) in [5.41, 5.74) is 4.01. The van der Waals surface area contributed by atoms with E-state index in [4.69, 9.17) is 9.47 Å². The van der Waals surface area contributed by atoms with E-state index in [2.05, 4.69) is 73.6 Å². The highest BCUT2D eigenvalue weighted by atomic mass is 16.7. The zero-order chi connectivity index (χ0) is 15.8. The first-order valence-corrected chi connectivity index (χ1v) is 8.30. The van der Waals surface area contributed by atoms with Gasteiger partial charge in [-0.05, 0) is 30.8 Å². The predicted molar refractivity (Wildman–Crippen MR) is 90.1 cm³/mol. The number of benzene rings is 2. The van der Waals surface area contributed by atoms with Crippen LogP contribution < -0.4 is 0 Å². The molecular formula is C20H23NO2. The van der Waals surface area contributed by atoms with Gasteiger partial charge in [0.15, 0.2) is 6.29 Å². The Kier molecular flexibility index (Phi) is 3.93. The van der Waals surface area contributed by atoms with Gasteiger partial charge in [0.25, 0.3) is 0 Å². The molecule has 0 spiro atoms.